The zero-order valence-electron chi connectivity index (χ0n) is 9.55. The normalized spacial score (nSPS) is 21.2. The number of nitrogens with one attached hydrogen (secondary N) is 1. The van der Waals surface area contributed by atoms with Gasteiger partial charge in [0.25, 0.3) is 0 Å². The van der Waals surface area contributed by atoms with Gasteiger partial charge in [-0.15, -0.1) is 6.42 Å². The molecule has 15 heavy (non-hydrogen) atoms. The lowest BCUT2D eigenvalue weighted by Crippen LogP contribution is -2.55. The SMILES string of the molecule is C#CC(CCC)NC(=O)C(C)(N)C1CC1. The fraction of sp³-hybridized carbons (Fsp3) is 0.750. The van der Waals surface area contributed by atoms with Crippen LogP contribution in [0.25, 0.3) is 0 Å². The molecule has 1 amide bonds. The van der Waals surface area contributed by atoms with Crippen LogP contribution in [0.5, 0.6) is 0 Å². The van der Waals surface area contributed by atoms with Crippen LogP contribution in [-0.4, -0.2) is 17.5 Å². The summed E-state index contributed by atoms with van der Waals surface area (Å²) in [6, 6.07) is -0.177. The molecule has 0 heterocycles. The van der Waals surface area contributed by atoms with Gasteiger partial charge in [-0.2, -0.15) is 0 Å². The summed E-state index contributed by atoms with van der Waals surface area (Å²) in [7, 11) is 0. The smallest absolute Gasteiger partial charge is 0.241 e. The summed E-state index contributed by atoms with van der Waals surface area (Å²) in [5.41, 5.74) is 5.24. The number of amides is 1. The van der Waals surface area contributed by atoms with E-state index in [2.05, 4.69) is 11.2 Å². The van der Waals surface area contributed by atoms with Crippen molar-refractivity contribution in [3.63, 3.8) is 0 Å². The molecule has 1 aliphatic rings. The van der Waals surface area contributed by atoms with E-state index >= 15 is 0 Å². The first kappa shape index (κ1) is 12.1. The van der Waals surface area contributed by atoms with E-state index in [-0.39, 0.29) is 11.9 Å². The van der Waals surface area contributed by atoms with E-state index in [0.29, 0.717) is 5.92 Å². The van der Waals surface area contributed by atoms with Crippen molar-refractivity contribution in [2.45, 2.75) is 51.1 Å². The number of carbonyl (C=O) groups is 1. The zero-order chi connectivity index (χ0) is 11.5. The van der Waals surface area contributed by atoms with Crippen molar-refractivity contribution >= 4 is 5.91 Å². The van der Waals surface area contributed by atoms with Crippen molar-refractivity contribution < 1.29 is 4.79 Å². The Balaban J connectivity index is 2.50. The van der Waals surface area contributed by atoms with Gasteiger partial charge in [0.15, 0.2) is 0 Å². The van der Waals surface area contributed by atoms with Crippen molar-refractivity contribution in [1.29, 1.82) is 0 Å². The summed E-state index contributed by atoms with van der Waals surface area (Å²) in [6.45, 7) is 3.83. The second kappa shape index (κ2) is 4.67. The largest absolute Gasteiger partial charge is 0.341 e. The summed E-state index contributed by atoms with van der Waals surface area (Å²) in [5, 5.41) is 2.83. The molecule has 2 unspecified atom stereocenters. The summed E-state index contributed by atoms with van der Waals surface area (Å²) in [6.07, 6.45) is 9.20. The minimum Gasteiger partial charge on any atom is -0.341 e. The molecule has 0 radical (unpaired) electrons. The van der Waals surface area contributed by atoms with Crippen LogP contribution < -0.4 is 11.1 Å². The number of carbonyl (C=O) groups excluding carboxylic acids is 1. The van der Waals surface area contributed by atoms with Crippen LogP contribution in [0.3, 0.4) is 0 Å². The fourth-order valence-electron chi connectivity index (χ4n) is 1.67. The summed E-state index contributed by atoms with van der Waals surface area (Å²) in [5.74, 6) is 2.80. The van der Waals surface area contributed by atoms with E-state index in [1.807, 2.05) is 6.92 Å². The molecule has 1 aliphatic carbocycles. The Morgan fingerprint density at radius 2 is 2.33 bits per heavy atom. The molecule has 2 atom stereocenters. The average molecular weight is 208 g/mol. The third kappa shape index (κ3) is 2.97. The van der Waals surface area contributed by atoms with Crippen LogP contribution in [0, 0.1) is 18.3 Å². The fourth-order valence-corrected chi connectivity index (χ4v) is 1.67. The molecule has 0 aromatic carbocycles. The van der Waals surface area contributed by atoms with Gasteiger partial charge in [-0.1, -0.05) is 19.3 Å². The minimum atomic E-state index is -0.747. The quantitative estimate of drug-likeness (QED) is 0.663. The molecule has 1 fully saturated rings. The topological polar surface area (TPSA) is 55.1 Å². The lowest BCUT2D eigenvalue weighted by Gasteiger charge is -2.25. The number of nitrogens with two attached hydrogens (primary N) is 1. The molecule has 0 aromatic rings. The predicted octanol–water partition coefficient (Wildman–Crippen LogP) is 1.03. The van der Waals surface area contributed by atoms with Gasteiger partial charge in [-0.25, -0.2) is 0 Å². The summed E-state index contributed by atoms with van der Waals surface area (Å²) >= 11 is 0. The Kier molecular flexibility index (Phi) is 3.76. The van der Waals surface area contributed by atoms with Gasteiger partial charge >= 0.3 is 0 Å². The van der Waals surface area contributed by atoms with Crippen LogP contribution in [0.2, 0.25) is 0 Å². The molecule has 84 valence electrons. The highest BCUT2D eigenvalue weighted by Gasteiger charge is 2.44. The molecule has 0 aliphatic heterocycles. The highest BCUT2D eigenvalue weighted by atomic mass is 16.2. The predicted molar refractivity (Wildman–Crippen MR) is 61.0 cm³/mol. The first-order chi connectivity index (χ1) is 7.02. The summed E-state index contributed by atoms with van der Waals surface area (Å²) < 4.78 is 0. The standard InChI is InChI=1S/C12H20N2O/c1-4-6-10(5-2)14-11(15)12(3,13)9-7-8-9/h2,9-10H,4,6-8,13H2,1,3H3,(H,14,15). The number of hydrogen-bond acceptors (Lipinski definition) is 2. The van der Waals surface area contributed by atoms with Gasteiger partial charge in [0.1, 0.15) is 0 Å². The third-order valence-electron chi connectivity index (χ3n) is 3.00. The van der Waals surface area contributed by atoms with E-state index in [1.165, 1.54) is 0 Å². The molecule has 3 nitrogen and oxygen atoms in total. The Morgan fingerprint density at radius 3 is 2.73 bits per heavy atom. The van der Waals surface area contributed by atoms with Crippen molar-refractivity contribution in [3.8, 4) is 12.3 Å². The van der Waals surface area contributed by atoms with Crippen molar-refractivity contribution in [3.05, 3.63) is 0 Å². The minimum absolute atomic E-state index is 0.110. The van der Waals surface area contributed by atoms with Gasteiger partial charge in [0.05, 0.1) is 11.6 Å². The monoisotopic (exact) mass is 208 g/mol. The lowest BCUT2D eigenvalue weighted by molar-refractivity contribution is -0.126. The molecule has 1 saturated carbocycles. The van der Waals surface area contributed by atoms with Crippen LogP contribution in [-0.2, 0) is 4.79 Å². The van der Waals surface area contributed by atoms with Crippen LogP contribution in [0.4, 0.5) is 0 Å². The second-order valence-electron chi connectivity index (χ2n) is 4.54. The van der Waals surface area contributed by atoms with Crippen molar-refractivity contribution in [2.24, 2.45) is 11.7 Å². The first-order valence-electron chi connectivity index (χ1n) is 5.58. The molecule has 3 heteroatoms. The maximum Gasteiger partial charge on any atom is 0.241 e. The van der Waals surface area contributed by atoms with Gasteiger partial charge in [-0.3, -0.25) is 4.79 Å². The van der Waals surface area contributed by atoms with Gasteiger partial charge in [-0.05, 0) is 32.1 Å². The maximum absolute atomic E-state index is 11.9. The Hall–Kier alpha value is -1.01. The molecule has 0 bridgehead atoms. The van der Waals surface area contributed by atoms with E-state index in [4.69, 9.17) is 12.2 Å². The zero-order valence-corrected chi connectivity index (χ0v) is 9.55. The van der Waals surface area contributed by atoms with E-state index in [9.17, 15) is 4.79 Å². The average Bonchev–Trinajstić information content (AvgIpc) is 3.00. The maximum atomic E-state index is 11.9. The van der Waals surface area contributed by atoms with Gasteiger partial charge in [0.2, 0.25) is 5.91 Å². The Bertz CT molecular complexity index is 274. The van der Waals surface area contributed by atoms with E-state index in [1.54, 1.807) is 6.92 Å². The number of hydrogen-bond donors (Lipinski definition) is 2. The van der Waals surface area contributed by atoms with E-state index in [0.717, 1.165) is 25.7 Å². The molecule has 3 N–H and O–H groups in total. The second-order valence-corrected chi connectivity index (χ2v) is 4.54. The molecular formula is C12H20N2O. The molecule has 1 rings (SSSR count). The lowest BCUT2D eigenvalue weighted by atomic mass is 9.95. The number of terminal acetylenes is 1. The van der Waals surface area contributed by atoms with E-state index < -0.39 is 5.54 Å². The van der Waals surface area contributed by atoms with Gasteiger partial charge in [0, 0.05) is 0 Å². The molecule has 0 aromatic heterocycles. The number of rotatable bonds is 5. The Morgan fingerprint density at radius 1 is 1.73 bits per heavy atom. The molecule has 0 spiro atoms. The highest BCUT2D eigenvalue weighted by molar-refractivity contribution is 5.86. The Labute approximate surface area is 91.8 Å². The van der Waals surface area contributed by atoms with Crippen molar-refractivity contribution in [2.75, 3.05) is 0 Å². The summed E-state index contributed by atoms with van der Waals surface area (Å²) in [4.78, 5) is 11.9. The van der Waals surface area contributed by atoms with Crippen LogP contribution in [0.15, 0.2) is 0 Å². The molecular weight excluding hydrogens is 188 g/mol. The molecule has 0 saturated heterocycles. The third-order valence-corrected chi connectivity index (χ3v) is 3.00. The van der Waals surface area contributed by atoms with Crippen molar-refractivity contribution in [1.82, 2.24) is 5.32 Å². The van der Waals surface area contributed by atoms with Crippen LogP contribution in [0.1, 0.15) is 39.5 Å². The van der Waals surface area contributed by atoms with Crippen LogP contribution >= 0.6 is 0 Å². The first-order valence-corrected chi connectivity index (χ1v) is 5.58. The highest BCUT2D eigenvalue weighted by Crippen LogP contribution is 2.38. The van der Waals surface area contributed by atoms with Gasteiger partial charge < -0.3 is 11.1 Å².